The second-order valence-corrected chi connectivity index (χ2v) is 6.64. The molecule has 1 amide bonds. The first-order valence-electron chi connectivity index (χ1n) is 6.72. The van der Waals surface area contributed by atoms with Gasteiger partial charge in [0, 0.05) is 9.13 Å². The average Bonchev–Trinajstić information content (AvgIpc) is 2.79. The van der Waals surface area contributed by atoms with Gasteiger partial charge in [0.05, 0.1) is 12.0 Å². The molecule has 1 aromatic carbocycles. The SMILES string of the molecule is Cc1ccc(C(=O)NC2(CC(=O)O)CCCC2)cc1I. The third kappa shape index (κ3) is 3.50. The van der Waals surface area contributed by atoms with Gasteiger partial charge < -0.3 is 10.4 Å². The van der Waals surface area contributed by atoms with Gasteiger partial charge in [-0.1, -0.05) is 18.9 Å². The first-order chi connectivity index (χ1) is 9.42. The molecule has 2 rings (SSSR count). The van der Waals surface area contributed by atoms with E-state index in [0.717, 1.165) is 34.8 Å². The lowest BCUT2D eigenvalue weighted by Gasteiger charge is -2.28. The van der Waals surface area contributed by atoms with E-state index < -0.39 is 11.5 Å². The third-order valence-electron chi connectivity index (χ3n) is 3.86. The molecule has 0 radical (unpaired) electrons. The lowest BCUT2D eigenvalue weighted by molar-refractivity contribution is -0.138. The highest BCUT2D eigenvalue weighted by Crippen LogP contribution is 2.33. The quantitative estimate of drug-likeness (QED) is 0.781. The second kappa shape index (κ2) is 6.11. The van der Waals surface area contributed by atoms with Gasteiger partial charge in [0.15, 0.2) is 0 Å². The minimum atomic E-state index is -0.856. The van der Waals surface area contributed by atoms with Gasteiger partial charge in [-0.15, -0.1) is 0 Å². The van der Waals surface area contributed by atoms with Gasteiger partial charge in [-0.2, -0.15) is 0 Å². The Bertz CT molecular complexity index is 536. The molecule has 0 unspecified atom stereocenters. The molecule has 0 bridgehead atoms. The van der Waals surface area contributed by atoms with E-state index in [1.165, 1.54) is 0 Å². The molecular formula is C15H18INO3. The average molecular weight is 387 g/mol. The van der Waals surface area contributed by atoms with Gasteiger partial charge in [0.2, 0.25) is 0 Å². The zero-order valence-corrected chi connectivity index (χ0v) is 13.6. The van der Waals surface area contributed by atoms with Crippen LogP contribution in [0.15, 0.2) is 18.2 Å². The van der Waals surface area contributed by atoms with Crippen LogP contribution in [0, 0.1) is 10.5 Å². The molecule has 5 heteroatoms. The lowest BCUT2D eigenvalue weighted by atomic mass is 9.92. The van der Waals surface area contributed by atoms with Gasteiger partial charge in [-0.05, 0) is 60.1 Å². The Morgan fingerprint density at radius 3 is 2.55 bits per heavy atom. The Morgan fingerprint density at radius 2 is 2.00 bits per heavy atom. The van der Waals surface area contributed by atoms with E-state index in [1.807, 2.05) is 19.1 Å². The van der Waals surface area contributed by atoms with Crippen molar-refractivity contribution in [3.8, 4) is 0 Å². The van der Waals surface area contributed by atoms with Crippen LogP contribution in [0.25, 0.3) is 0 Å². The fourth-order valence-corrected chi connectivity index (χ4v) is 3.25. The number of amides is 1. The van der Waals surface area contributed by atoms with Crippen molar-refractivity contribution >= 4 is 34.5 Å². The molecule has 1 aliphatic carbocycles. The minimum Gasteiger partial charge on any atom is -0.481 e. The van der Waals surface area contributed by atoms with Crippen molar-refractivity contribution < 1.29 is 14.7 Å². The van der Waals surface area contributed by atoms with Crippen LogP contribution in [-0.2, 0) is 4.79 Å². The highest BCUT2D eigenvalue weighted by Gasteiger charge is 2.37. The largest absolute Gasteiger partial charge is 0.481 e. The molecule has 2 N–H and O–H groups in total. The third-order valence-corrected chi connectivity index (χ3v) is 5.03. The van der Waals surface area contributed by atoms with E-state index in [4.69, 9.17) is 5.11 Å². The highest BCUT2D eigenvalue weighted by atomic mass is 127. The highest BCUT2D eigenvalue weighted by molar-refractivity contribution is 14.1. The second-order valence-electron chi connectivity index (χ2n) is 5.48. The maximum atomic E-state index is 12.3. The van der Waals surface area contributed by atoms with E-state index in [0.29, 0.717) is 5.56 Å². The molecule has 1 saturated carbocycles. The van der Waals surface area contributed by atoms with Crippen LogP contribution in [0.3, 0.4) is 0 Å². The Labute approximate surface area is 132 Å². The van der Waals surface area contributed by atoms with Crippen LogP contribution in [0.1, 0.15) is 48.0 Å². The van der Waals surface area contributed by atoms with Gasteiger partial charge in [-0.25, -0.2) is 0 Å². The number of nitrogens with one attached hydrogen (secondary N) is 1. The van der Waals surface area contributed by atoms with Gasteiger partial charge in [0.1, 0.15) is 0 Å². The normalized spacial score (nSPS) is 16.9. The van der Waals surface area contributed by atoms with Crippen LogP contribution in [-0.4, -0.2) is 22.5 Å². The van der Waals surface area contributed by atoms with Crippen LogP contribution in [0.5, 0.6) is 0 Å². The molecule has 0 aromatic heterocycles. The summed E-state index contributed by atoms with van der Waals surface area (Å²) in [7, 11) is 0. The summed E-state index contributed by atoms with van der Waals surface area (Å²) in [6.07, 6.45) is 3.43. The molecule has 1 aliphatic rings. The summed E-state index contributed by atoms with van der Waals surface area (Å²) in [5.41, 5.74) is 1.15. The number of carboxylic acids is 1. The number of benzene rings is 1. The van der Waals surface area contributed by atoms with Crippen molar-refractivity contribution in [1.29, 1.82) is 0 Å². The van der Waals surface area contributed by atoms with Crippen LogP contribution in [0.2, 0.25) is 0 Å². The van der Waals surface area contributed by atoms with E-state index in [-0.39, 0.29) is 12.3 Å². The van der Waals surface area contributed by atoms with E-state index >= 15 is 0 Å². The first kappa shape index (κ1) is 15.3. The van der Waals surface area contributed by atoms with Crippen molar-refractivity contribution in [3.63, 3.8) is 0 Å². The Morgan fingerprint density at radius 1 is 1.35 bits per heavy atom. The zero-order valence-electron chi connectivity index (χ0n) is 11.4. The number of halogens is 1. The van der Waals surface area contributed by atoms with E-state index in [1.54, 1.807) is 6.07 Å². The number of hydrogen-bond donors (Lipinski definition) is 2. The maximum Gasteiger partial charge on any atom is 0.305 e. The van der Waals surface area contributed by atoms with Gasteiger partial charge >= 0.3 is 5.97 Å². The molecule has 0 heterocycles. The monoisotopic (exact) mass is 387 g/mol. The summed E-state index contributed by atoms with van der Waals surface area (Å²) in [5, 5.41) is 12.0. The van der Waals surface area contributed by atoms with Crippen molar-refractivity contribution in [2.24, 2.45) is 0 Å². The molecule has 20 heavy (non-hydrogen) atoms. The molecule has 1 aromatic rings. The number of hydrogen-bond acceptors (Lipinski definition) is 2. The van der Waals surface area contributed by atoms with Crippen molar-refractivity contribution in [3.05, 3.63) is 32.9 Å². The number of carbonyl (C=O) groups is 2. The van der Waals surface area contributed by atoms with Crippen LogP contribution < -0.4 is 5.32 Å². The maximum absolute atomic E-state index is 12.3. The van der Waals surface area contributed by atoms with Crippen molar-refractivity contribution in [2.45, 2.75) is 44.6 Å². The summed E-state index contributed by atoms with van der Waals surface area (Å²) in [6, 6.07) is 5.54. The summed E-state index contributed by atoms with van der Waals surface area (Å²) in [4.78, 5) is 23.4. The van der Waals surface area contributed by atoms with Crippen molar-refractivity contribution in [1.82, 2.24) is 5.32 Å². The van der Waals surface area contributed by atoms with Crippen molar-refractivity contribution in [2.75, 3.05) is 0 Å². The predicted octanol–water partition coefficient (Wildman–Crippen LogP) is 3.12. The molecule has 0 saturated heterocycles. The summed E-state index contributed by atoms with van der Waals surface area (Å²) < 4.78 is 1.04. The molecule has 0 atom stereocenters. The fourth-order valence-electron chi connectivity index (χ4n) is 2.73. The zero-order chi connectivity index (χ0) is 14.8. The topological polar surface area (TPSA) is 66.4 Å². The lowest BCUT2D eigenvalue weighted by Crippen LogP contribution is -2.47. The molecular weight excluding hydrogens is 369 g/mol. The Hall–Kier alpha value is -1.11. The van der Waals surface area contributed by atoms with Crippen LogP contribution >= 0.6 is 22.6 Å². The predicted molar refractivity (Wildman–Crippen MR) is 84.8 cm³/mol. The number of aryl methyl sites for hydroxylation is 1. The Kier molecular flexibility index (Phi) is 4.67. The minimum absolute atomic E-state index is 0.00168. The number of carboxylic acid groups (broad SMARTS) is 1. The Balaban J connectivity index is 2.16. The fraction of sp³-hybridized carbons (Fsp3) is 0.467. The first-order valence-corrected chi connectivity index (χ1v) is 7.80. The number of carbonyl (C=O) groups excluding carboxylic acids is 1. The molecule has 108 valence electrons. The molecule has 1 fully saturated rings. The van der Waals surface area contributed by atoms with Gasteiger partial charge in [-0.3, -0.25) is 9.59 Å². The van der Waals surface area contributed by atoms with E-state index in [9.17, 15) is 9.59 Å². The number of rotatable bonds is 4. The molecule has 0 aliphatic heterocycles. The van der Waals surface area contributed by atoms with Crippen LogP contribution in [0.4, 0.5) is 0 Å². The standard InChI is InChI=1S/C15H18INO3/c1-10-4-5-11(8-12(10)16)14(20)17-15(9-13(18)19)6-2-3-7-15/h4-5,8H,2-3,6-7,9H2,1H3,(H,17,20)(H,18,19). The summed E-state index contributed by atoms with van der Waals surface area (Å²) in [6.45, 7) is 1.99. The number of aliphatic carboxylic acids is 1. The summed E-state index contributed by atoms with van der Waals surface area (Å²) in [5.74, 6) is -1.03. The van der Waals surface area contributed by atoms with Gasteiger partial charge in [0.25, 0.3) is 5.91 Å². The smallest absolute Gasteiger partial charge is 0.305 e. The summed E-state index contributed by atoms with van der Waals surface area (Å²) >= 11 is 2.20. The van der Waals surface area contributed by atoms with E-state index in [2.05, 4.69) is 27.9 Å². The molecule has 4 nitrogen and oxygen atoms in total. The molecule has 0 spiro atoms.